The van der Waals surface area contributed by atoms with Gasteiger partial charge in [-0.2, -0.15) is 5.10 Å². The summed E-state index contributed by atoms with van der Waals surface area (Å²) in [5.41, 5.74) is 3.00. The number of aliphatic hydroxyl groups excluding tert-OH is 1. The van der Waals surface area contributed by atoms with Crippen molar-refractivity contribution in [1.82, 2.24) is 10.2 Å². The van der Waals surface area contributed by atoms with Crippen LogP contribution in [0, 0.1) is 35.5 Å². The van der Waals surface area contributed by atoms with Crippen molar-refractivity contribution in [3.05, 3.63) is 17.5 Å². The summed E-state index contributed by atoms with van der Waals surface area (Å²) < 4.78 is 0. The van der Waals surface area contributed by atoms with Gasteiger partial charge in [-0.05, 0) is 99.9 Å². The molecule has 1 heterocycles. The molecule has 0 aliphatic heterocycles. The average Bonchev–Trinajstić information content (AvgIpc) is 3.20. The van der Waals surface area contributed by atoms with Crippen LogP contribution in [0.4, 0.5) is 0 Å². The lowest BCUT2D eigenvalue weighted by atomic mass is 9.54. The van der Waals surface area contributed by atoms with Gasteiger partial charge in [-0.15, -0.1) is 0 Å². The van der Waals surface area contributed by atoms with E-state index in [0.717, 1.165) is 35.5 Å². The molecule has 0 spiro atoms. The Labute approximate surface area is 146 Å². The first-order chi connectivity index (χ1) is 11.6. The van der Waals surface area contributed by atoms with Gasteiger partial charge in [-0.3, -0.25) is 5.10 Å². The van der Waals surface area contributed by atoms with Crippen LogP contribution in [0.2, 0.25) is 0 Å². The predicted molar refractivity (Wildman–Crippen MR) is 96.6 cm³/mol. The molecule has 6 atom stereocenters. The molecule has 4 aliphatic carbocycles. The summed E-state index contributed by atoms with van der Waals surface area (Å²) in [6.45, 7) is 3.44. The topological polar surface area (TPSA) is 48.9 Å². The molecule has 2 N–H and O–H groups in total. The van der Waals surface area contributed by atoms with E-state index < -0.39 is 0 Å². The maximum Gasteiger partial charge on any atom is 0.0522 e. The first kappa shape index (κ1) is 16.6. The van der Waals surface area contributed by atoms with Crippen molar-refractivity contribution in [3.8, 4) is 0 Å². The van der Waals surface area contributed by atoms with Gasteiger partial charge in [0.25, 0.3) is 0 Å². The van der Waals surface area contributed by atoms with E-state index in [4.69, 9.17) is 5.11 Å². The molecule has 6 unspecified atom stereocenters. The number of nitrogens with zero attached hydrogens (tertiary/aromatic N) is 1. The molecule has 24 heavy (non-hydrogen) atoms. The van der Waals surface area contributed by atoms with E-state index in [1.807, 2.05) is 0 Å². The summed E-state index contributed by atoms with van der Waals surface area (Å²) in [6, 6.07) is 0. The highest BCUT2D eigenvalue weighted by atomic mass is 16.3. The first-order valence-corrected chi connectivity index (χ1v) is 10.3. The van der Waals surface area contributed by atoms with E-state index in [9.17, 15) is 0 Å². The molecule has 1 aromatic rings. The number of rotatable bonds is 0. The lowest BCUT2D eigenvalue weighted by Crippen LogP contribution is -2.45. The van der Waals surface area contributed by atoms with Crippen molar-refractivity contribution in [2.75, 3.05) is 0 Å². The maximum atomic E-state index is 8.06. The molecule has 0 saturated heterocycles. The number of aromatic nitrogens is 2. The molecule has 5 rings (SSSR count). The normalized spacial score (nSPS) is 40.0. The summed E-state index contributed by atoms with van der Waals surface area (Å²) in [6.07, 6.45) is 15.3. The molecule has 3 nitrogen and oxygen atoms in total. The molecule has 4 aliphatic rings. The highest BCUT2D eigenvalue weighted by molar-refractivity contribution is 5.22. The van der Waals surface area contributed by atoms with Gasteiger partial charge in [0, 0.05) is 11.8 Å². The van der Waals surface area contributed by atoms with Crippen LogP contribution in [0.15, 0.2) is 6.20 Å². The monoisotopic (exact) mass is 330 g/mol. The van der Waals surface area contributed by atoms with Gasteiger partial charge in [-0.1, -0.05) is 12.8 Å². The van der Waals surface area contributed by atoms with E-state index in [1.54, 1.807) is 45.1 Å². The van der Waals surface area contributed by atoms with Crippen LogP contribution in [0.3, 0.4) is 0 Å². The van der Waals surface area contributed by atoms with Gasteiger partial charge in [0.15, 0.2) is 0 Å². The Morgan fingerprint density at radius 2 is 1.62 bits per heavy atom. The zero-order chi connectivity index (χ0) is 16.7. The van der Waals surface area contributed by atoms with Crippen LogP contribution >= 0.6 is 0 Å². The highest BCUT2D eigenvalue weighted by Gasteiger charge is 2.49. The Morgan fingerprint density at radius 3 is 2.42 bits per heavy atom. The molecule has 3 heteroatoms. The van der Waals surface area contributed by atoms with Crippen LogP contribution < -0.4 is 0 Å². The number of aromatic amines is 1. The number of nitrogens with one attached hydrogen (secondary N) is 1. The van der Waals surface area contributed by atoms with Gasteiger partial charge in [0.2, 0.25) is 0 Å². The highest BCUT2D eigenvalue weighted by Crippen LogP contribution is 2.57. The van der Waals surface area contributed by atoms with E-state index in [1.165, 1.54) is 37.8 Å². The number of aliphatic hydroxyl groups is 1. The fourth-order valence-electron chi connectivity index (χ4n) is 6.63. The Balaban J connectivity index is 0.000000332. The largest absolute Gasteiger partial charge is 0.394 e. The van der Waals surface area contributed by atoms with Crippen molar-refractivity contribution in [2.45, 2.75) is 77.7 Å². The zero-order valence-corrected chi connectivity index (χ0v) is 15.4. The molecular formula is C21H34N2O. The Bertz CT molecular complexity index is 549. The van der Waals surface area contributed by atoms with Crippen LogP contribution in [0.25, 0.3) is 0 Å². The molecule has 0 radical (unpaired) electrons. The molecule has 3 fully saturated rings. The SMILES string of the molecule is CC(C)O.c1n[nH]c2c1CC1C(CCC3C4CCCC4CCC13)C2. The molecule has 0 amide bonds. The van der Waals surface area contributed by atoms with Crippen molar-refractivity contribution in [2.24, 2.45) is 35.5 Å². The van der Waals surface area contributed by atoms with Gasteiger partial charge < -0.3 is 5.11 Å². The summed E-state index contributed by atoms with van der Waals surface area (Å²) in [4.78, 5) is 0. The van der Waals surface area contributed by atoms with Crippen molar-refractivity contribution in [3.63, 3.8) is 0 Å². The Hall–Kier alpha value is -0.830. The van der Waals surface area contributed by atoms with Gasteiger partial charge in [0.05, 0.1) is 6.20 Å². The fraction of sp³-hybridized carbons (Fsp3) is 0.857. The second kappa shape index (κ2) is 6.82. The molecule has 0 bridgehead atoms. The zero-order valence-electron chi connectivity index (χ0n) is 15.4. The van der Waals surface area contributed by atoms with Gasteiger partial charge in [0.1, 0.15) is 0 Å². The third-order valence-corrected chi connectivity index (χ3v) is 7.44. The third kappa shape index (κ3) is 3.05. The summed E-state index contributed by atoms with van der Waals surface area (Å²) >= 11 is 0. The third-order valence-electron chi connectivity index (χ3n) is 7.44. The summed E-state index contributed by atoms with van der Waals surface area (Å²) in [5, 5.41) is 15.6. The molecular weight excluding hydrogens is 296 g/mol. The smallest absolute Gasteiger partial charge is 0.0522 e. The van der Waals surface area contributed by atoms with Crippen LogP contribution in [-0.4, -0.2) is 21.4 Å². The minimum absolute atomic E-state index is 0.167. The quantitative estimate of drug-likeness (QED) is 0.742. The maximum absolute atomic E-state index is 8.06. The molecule has 3 saturated carbocycles. The van der Waals surface area contributed by atoms with E-state index in [0.29, 0.717) is 0 Å². The first-order valence-electron chi connectivity index (χ1n) is 10.3. The standard InChI is InChI=1S/C18H26N2.C3H8O/c1-2-11-4-6-16-15(14(11)3-1)7-5-12-9-18-13(8-17(12)16)10-19-20-18;1-3(2)4/h10-12,14-17H,1-9H2,(H,19,20);3-4H,1-2H3. The van der Waals surface area contributed by atoms with Gasteiger partial charge >= 0.3 is 0 Å². The summed E-state index contributed by atoms with van der Waals surface area (Å²) in [5.74, 6) is 6.31. The van der Waals surface area contributed by atoms with Gasteiger partial charge in [-0.25, -0.2) is 0 Å². The Kier molecular flexibility index (Phi) is 4.73. The number of hydrogen-bond acceptors (Lipinski definition) is 2. The van der Waals surface area contributed by atoms with Crippen molar-refractivity contribution < 1.29 is 5.11 Å². The summed E-state index contributed by atoms with van der Waals surface area (Å²) in [7, 11) is 0. The lowest BCUT2D eigenvalue weighted by molar-refractivity contribution is -0.00492. The van der Waals surface area contributed by atoms with Crippen molar-refractivity contribution >= 4 is 0 Å². The lowest BCUT2D eigenvalue weighted by Gasteiger charge is -2.51. The molecule has 134 valence electrons. The number of fused-ring (bicyclic) bond motifs is 6. The second-order valence-corrected chi connectivity index (χ2v) is 9.14. The second-order valence-electron chi connectivity index (χ2n) is 9.14. The Morgan fingerprint density at radius 1 is 0.917 bits per heavy atom. The predicted octanol–water partition coefficient (Wildman–Crippen LogP) is 4.36. The fourth-order valence-corrected chi connectivity index (χ4v) is 6.63. The van der Waals surface area contributed by atoms with Crippen LogP contribution in [0.5, 0.6) is 0 Å². The van der Waals surface area contributed by atoms with Crippen LogP contribution in [-0.2, 0) is 12.8 Å². The van der Waals surface area contributed by atoms with E-state index in [-0.39, 0.29) is 6.10 Å². The van der Waals surface area contributed by atoms with E-state index in [2.05, 4.69) is 16.4 Å². The van der Waals surface area contributed by atoms with E-state index >= 15 is 0 Å². The number of H-pyrrole nitrogens is 1. The molecule has 0 aromatic carbocycles. The van der Waals surface area contributed by atoms with Crippen LogP contribution in [0.1, 0.15) is 70.1 Å². The minimum atomic E-state index is -0.167. The average molecular weight is 331 g/mol. The van der Waals surface area contributed by atoms with Crippen molar-refractivity contribution in [1.29, 1.82) is 0 Å². The number of hydrogen-bond donors (Lipinski definition) is 2. The minimum Gasteiger partial charge on any atom is -0.394 e. The molecule has 1 aromatic heterocycles.